The van der Waals surface area contributed by atoms with Crippen LogP contribution in [0.15, 0.2) is 18.3 Å². The van der Waals surface area contributed by atoms with Crippen LogP contribution in [0.4, 0.5) is 0 Å². The summed E-state index contributed by atoms with van der Waals surface area (Å²) in [4.78, 5) is 9.35. The summed E-state index contributed by atoms with van der Waals surface area (Å²) in [5.41, 5.74) is 7.60. The third kappa shape index (κ3) is 4.51. The number of hydrogen-bond acceptors (Lipinski definition) is 4. The second-order valence-electron chi connectivity index (χ2n) is 5.90. The molecule has 1 fully saturated rings. The molecule has 0 radical (unpaired) electrons. The van der Waals surface area contributed by atoms with E-state index in [0.29, 0.717) is 4.99 Å². The number of nitrogens with two attached hydrogens (primary N) is 1. The standard InChI is InChI=1S/C15H24N4S/c1-18(2)10-12-4-7-19(8-5-12)11-13-3-6-17-14(9-13)15(16)20/h3,6,9,12H,4-5,7-8,10-11H2,1-2H3,(H2,16,20). The summed E-state index contributed by atoms with van der Waals surface area (Å²) in [7, 11) is 4.31. The average molecular weight is 292 g/mol. The highest BCUT2D eigenvalue weighted by Gasteiger charge is 2.19. The van der Waals surface area contributed by atoms with Crippen LogP contribution in [-0.2, 0) is 6.54 Å². The van der Waals surface area contributed by atoms with Gasteiger partial charge in [-0.15, -0.1) is 0 Å². The van der Waals surface area contributed by atoms with Gasteiger partial charge in [0.25, 0.3) is 0 Å². The molecule has 0 saturated carbocycles. The molecule has 0 unspecified atom stereocenters. The van der Waals surface area contributed by atoms with Crippen molar-refractivity contribution in [2.75, 3.05) is 33.7 Å². The van der Waals surface area contributed by atoms with E-state index in [1.54, 1.807) is 6.20 Å². The smallest absolute Gasteiger partial charge is 0.122 e. The summed E-state index contributed by atoms with van der Waals surface area (Å²) in [6, 6.07) is 4.06. The molecule has 1 aliphatic heterocycles. The average Bonchev–Trinajstić information content (AvgIpc) is 2.41. The lowest BCUT2D eigenvalue weighted by Crippen LogP contribution is -2.36. The van der Waals surface area contributed by atoms with Crippen molar-refractivity contribution < 1.29 is 0 Å². The zero-order chi connectivity index (χ0) is 14.5. The number of pyridine rings is 1. The number of aromatic nitrogens is 1. The van der Waals surface area contributed by atoms with Gasteiger partial charge in [-0.05, 0) is 63.6 Å². The Kier molecular flexibility index (Phi) is 5.46. The molecule has 0 aromatic carbocycles. The lowest BCUT2D eigenvalue weighted by molar-refractivity contribution is 0.157. The first-order valence-corrected chi connectivity index (χ1v) is 7.57. The van der Waals surface area contributed by atoms with E-state index in [0.717, 1.165) is 18.2 Å². The van der Waals surface area contributed by atoms with Crippen molar-refractivity contribution in [2.45, 2.75) is 19.4 Å². The first kappa shape index (κ1) is 15.4. The highest BCUT2D eigenvalue weighted by atomic mass is 32.1. The number of hydrogen-bond donors (Lipinski definition) is 1. The Bertz CT molecular complexity index is 453. The van der Waals surface area contributed by atoms with E-state index in [2.05, 4.69) is 28.9 Å². The van der Waals surface area contributed by atoms with E-state index in [1.807, 2.05) is 12.1 Å². The molecule has 1 aromatic rings. The second-order valence-corrected chi connectivity index (χ2v) is 6.34. The van der Waals surface area contributed by atoms with Gasteiger partial charge in [-0.3, -0.25) is 9.88 Å². The van der Waals surface area contributed by atoms with Crippen molar-refractivity contribution in [3.05, 3.63) is 29.6 Å². The summed E-state index contributed by atoms with van der Waals surface area (Å²) in [5, 5.41) is 0. The van der Waals surface area contributed by atoms with E-state index in [4.69, 9.17) is 18.0 Å². The minimum Gasteiger partial charge on any atom is -0.388 e. The summed E-state index contributed by atoms with van der Waals surface area (Å²) in [5.74, 6) is 0.839. The molecular weight excluding hydrogens is 268 g/mol. The second kappa shape index (κ2) is 7.11. The molecule has 0 atom stereocenters. The lowest BCUT2D eigenvalue weighted by atomic mass is 9.96. The van der Waals surface area contributed by atoms with Crippen LogP contribution >= 0.6 is 12.2 Å². The van der Waals surface area contributed by atoms with Crippen LogP contribution < -0.4 is 5.73 Å². The fourth-order valence-corrected chi connectivity index (χ4v) is 2.92. The topological polar surface area (TPSA) is 45.4 Å². The molecule has 2 heterocycles. The van der Waals surface area contributed by atoms with Crippen LogP contribution in [0.25, 0.3) is 0 Å². The van der Waals surface area contributed by atoms with Gasteiger partial charge < -0.3 is 10.6 Å². The minimum atomic E-state index is 0.372. The fraction of sp³-hybridized carbons (Fsp3) is 0.600. The Balaban J connectivity index is 1.86. The summed E-state index contributed by atoms with van der Waals surface area (Å²) in [6.07, 6.45) is 4.36. The van der Waals surface area contributed by atoms with Gasteiger partial charge in [0.1, 0.15) is 4.99 Å². The van der Waals surface area contributed by atoms with E-state index in [-0.39, 0.29) is 0 Å². The molecule has 20 heavy (non-hydrogen) atoms. The molecular formula is C15H24N4S. The molecule has 0 amide bonds. The summed E-state index contributed by atoms with van der Waals surface area (Å²) < 4.78 is 0. The van der Waals surface area contributed by atoms with Gasteiger partial charge in [-0.2, -0.15) is 0 Å². The molecule has 0 aliphatic carbocycles. The zero-order valence-corrected chi connectivity index (χ0v) is 13.2. The zero-order valence-electron chi connectivity index (χ0n) is 12.4. The van der Waals surface area contributed by atoms with Gasteiger partial charge >= 0.3 is 0 Å². The maximum Gasteiger partial charge on any atom is 0.122 e. The minimum absolute atomic E-state index is 0.372. The first-order valence-electron chi connectivity index (χ1n) is 7.16. The van der Waals surface area contributed by atoms with Gasteiger partial charge in [0.2, 0.25) is 0 Å². The third-order valence-corrected chi connectivity index (χ3v) is 4.02. The van der Waals surface area contributed by atoms with Gasteiger partial charge in [0.15, 0.2) is 0 Å². The van der Waals surface area contributed by atoms with Crippen molar-refractivity contribution in [3.63, 3.8) is 0 Å². The summed E-state index contributed by atoms with van der Waals surface area (Å²) >= 11 is 4.98. The van der Waals surface area contributed by atoms with Crippen LogP contribution in [0.1, 0.15) is 24.1 Å². The van der Waals surface area contributed by atoms with Crippen LogP contribution in [0.2, 0.25) is 0 Å². The predicted molar refractivity (Wildman–Crippen MR) is 86.7 cm³/mol. The van der Waals surface area contributed by atoms with Crippen molar-refractivity contribution >= 4 is 17.2 Å². The number of piperidine rings is 1. The van der Waals surface area contributed by atoms with Crippen LogP contribution in [0.3, 0.4) is 0 Å². The van der Waals surface area contributed by atoms with Gasteiger partial charge in [-0.25, -0.2) is 0 Å². The largest absolute Gasteiger partial charge is 0.388 e. The van der Waals surface area contributed by atoms with Crippen LogP contribution in [0.5, 0.6) is 0 Å². The maximum atomic E-state index is 5.63. The predicted octanol–water partition coefficient (Wildman–Crippen LogP) is 1.49. The molecule has 110 valence electrons. The molecule has 0 bridgehead atoms. The van der Waals surface area contributed by atoms with Gasteiger partial charge in [0, 0.05) is 19.3 Å². The number of nitrogens with zero attached hydrogens (tertiary/aromatic N) is 3. The van der Waals surface area contributed by atoms with E-state index >= 15 is 0 Å². The Morgan fingerprint density at radius 3 is 2.75 bits per heavy atom. The van der Waals surface area contributed by atoms with Gasteiger partial charge in [-0.1, -0.05) is 12.2 Å². The van der Waals surface area contributed by atoms with Crippen molar-refractivity contribution in [3.8, 4) is 0 Å². The molecule has 4 nitrogen and oxygen atoms in total. The van der Waals surface area contributed by atoms with Crippen molar-refractivity contribution in [1.29, 1.82) is 0 Å². The molecule has 1 saturated heterocycles. The lowest BCUT2D eigenvalue weighted by Gasteiger charge is -2.33. The van der Waals surface area contributed by atoms with Crippen LogP contribution in [0, 0.1) is 5.92 Å². The monoisotopic (exact) mass is 292 g/mol. The van der Waals surface area contributed by atoms with E-state index in [1.165, 1.54) is 38.0 Å². The number of likely N-dealkylation sites (tertiary alicyclic amines) is 1. The molecule has 1 aliphatic rings. The molecule has 0 spiro atoms. The third-order valence-electron chi connectivity index (χ3n) is 3.81. The molecule has 2 rings (SSSR count). The highest BCUT2D eigenvalue weighted by Crippen LogP contribution is 2.19. The number of rotatable bonds is 5. The Labute approximate surface area is 127 Å². The SMILES string of the molecule is CN(C)CC1CCN(Cc2ccnc(C(N)=S)c2)CC1. The Morgan fingerprint density at radius 2 is 2.15 bits per heavy atom. The van der Waals surface area contributed by atoms with E-state index < -0.39 is 0 Å². The highest BCUT2D eigenvalue weighted by molar-refractivity contribution is 7.80. The quantitative estimate of drug-likeness (QED) is 0.833. The fourth-order valence-electron chi connectivity index (χ4n) is 2.81. The molecule has 5 heteroatoms. The molecule has 1 aromatic heterocycles. The van der Waals surface area contributed by atoms with Crippen molar-refractivity contribution in [1.82, 2.24) is 14.8 Å². The van der Waals surface area contributed by atoms with Gasteiger partial charge in [0.05, 0.1) is 5.69 Å². The first-order chi connectivity index (χ1) is 9.54. The van der Waals surface area contributed by atoms with Crippen molar-refractivity contribution in [2.24, 2.45) is 11.7 Å². The van der Waals surface area contributed by atoms with E-state index in [9.17, 15) is 0 Å². The normalized spacial score (nSPS) is 17.6. The number of thiocarbonyl (C=S) groups is 1. The summed E-state index contributed by atoms with van der Waals surface area (Å²) in [6.45, 7) is 4.51. The Hall–Kier alpha value is -1.04. The maximum absolute atomic E-state index is 5.63. The Morgan fingerprint density at radius 1 is 1.45 bits per heavy atom. The molecule has 2 N–H and O–H groups in total. The van der Waals surface area contributed by atoms with Crippen LogP contribution in [-0.4, -0.2) is 53.5 Å².